The summed E-state index contributed by atoms with van der Waals surface area (Å²) in [6.45, 7) is 4.56. The van der Waals surface area contributed by atoms with Crippen LogP contribution >= 0.6 is 34.1 Å². The van der Waals surface area contributed by atoms with E-state index in [2.05, 4.69) is 13.8 Å². The maximum absolute atomic E-state index is 5.04. The molecule has 17 heavy (non-hydrogen) atoms. The predicted molar refractivity (Wildman–Crippen MR) is 80.9 cm³/mol. The first-order valence-corrected chi connectivity index (χ1v) is 19.3. The SMILES string of the molecule is CCCCCCCCCCCC.[Cl][Zr]([Cl])([Cl])[Cl]. The van der Waals surface area contributed by atoms with Crippen LogP contribution < -0.4 is 0 Å². The van der Waals surface area contributed by atoms with Crippen LogP contribution in [0.2, 0.25) is 0 Å². The van der Waals surface area contributed by atoms with Gasteiger partial charge in [0.2, 0.25) is 0 Å². The molecular weight excluding hydrogens is 377 g/mol. The molecule has 5 heteroatoms. The van der Waals surface area contributed by atoms with Crippen LogP contribution in [0.1, 0.15) is 78.1 Å². The summed E-state index contributed by atoms with van der Waals surface area (Å²) in [5.41, 5.74) is 0. The monoisotopic (exact) mass is 400 g/mol. The Morgan fingerprint density at radius 2 is 0.706 bits per heavy atom. The van der Waals surface area contributed by atoms with E-state index in [0.29, 0.717) is 0 Å². The van der Waals surface area contributed by atoms with Crippen molar-refractivity contribution in [2.24, 2.45) is 0 Å². The average molecular weight is 403 g/mol. The Kier molecular flexibility index (Phi) is 20.2. The molecule has 0 nitrogen and oxygen atoms in total. The van der Waals surface area contributed by atoms with Gasteiger partial charge in [0.05, 0.1) is 0 Å². The molecule has 0 rings (SSSR count). The second-order valence-electron chi connectivity index (χ2n) is 4.26. The normalized spacial score (nSPS) is 10.9. The first kappa shape index (κ1) is 21.3. The van der Waals surface area contributed by atoms with Crippen LogP contribution in [0.5, 0.6) is 0 Å². The Hall–Kier alpha value is 2.04. The minimum absolute atomic E-state index is 1.37. The van der Waals surface area contributed by atoms with Crippen molar-refractivity contribution >= 4 is 34.1 Å². The van der Waals surface area contributed by atoms with E-state index in [4.69, 9.17) is 34.1 Å². The fourth-order valence-corrected chi connectivity index (χ4v) is 1.56. The predicted octanol–water partition coefficient (Wildman–Crippen LogP) is 7.68. The molecule has 0 heterocycles. The van der Waals surface area contributed by atoms with Gasteiger partial charge in [-0.1, -0.05) is 78.1 Å². The van der Waals surface area contributed by atoms with E-state index in [1.54, 1.807) is 0 Å². The zero-order valence-electron chi connectivity index (χ0n) is 11.1. The van der Waals surface area contributed by atoms with Crippen LogP contribution in [0.4, 0.5) is 0 Å². The molecule has 0 aromatic carbocycles. The van der Waals surface area contributed by atoms with Crippen molar-refractivity contribution in [1.29, 1.82) is 0 Å². The van der Waals surface area contributed by atoms with E-state index in [9.17, 15) is 0 Å². The van der Waals surface area contributed by atoms with Crippen LogP contribution in [0, 0.1) is 0 Å². The van der Waals surface area contributed by atoms with Gasteiger partial charge in [-0.15, -0.1) is 0 Å². The number of halogens is 4. The molecule has 0 N–H and O–H groups in total. The Morgan fingerprint density at radius 1 is 0.529 bits per heavy atom. The molecule has 0 radical (unpaired) electrons. The van der Waals surface area contributed by atoms with E-state index in [1.807, 2.05) is 0 Å². The molecule has 0 aliphatic heterocycles. The first-order valence-electron chi connectivity index (χ1n) is 6.67. The summed E-state index contributed by atoms with van der Waals surface area (Å²) in [5, 5.41) is 0. The Labute approximate surface area is 126 Å². The molecule has 0 unspecified atom stereocenters. The molecule has 0 spiro atoms. The summed E-state index contributed by atoms with van der Waals surface area (Å²) in [5.74, 6) is 0. The summed E-state index contributed by atoms with van der Waals surface area (Å²) in [4.78, 5) is 0. The molecule has 0 fully saturated rings. The number of hydrogen-bond donors (Lipinski definition) is 0. The standard InChI is InChI=1S/C12H26.4ClH.Zr/c1-3-5-7-9-11-12-10-8-6-4-2;;;;;/h3-12H2,1-2H3;4*1H;/q;;;;;+4/p-4. The third kappa shape index (κ3) is 38.1. The Bertz CT molecular complexity index is 121. The summed E-state index contributed by atoms with van der Waals surface area (Å²) >= 11 is -3.29. The third-order valence-corrected chi connectivity index (χ3v) is 2.46. The molecule has 106 valence electrons. The van der Waals surface area contributed by atoms with Crippen molar-refractivity contribution in [3.05, 3.63) is 0 Å². The van der Waals surface area contributed by atoms with E-state index in [-0.39, 0.29) is 0 Å². The van der Waals surface area contributed by atoms with Crippen molar-refractivity contribution < 1.29 is 15.5 Å². The fourth-order valence-electron chi connectivity index (χ4n) is 1.56. The molecular formula is C12H26Cl4Zr. The van der Waals surface area contributed by atoms with Gasteiger partial charge in [0, 0.05) is 0 Å². The molecule has 0 saturated carbocycles. The van der Waals surface area contributed by atoms with Gasteiger partial charge in [0.1, 0.15) is 0 Å². The van der Waals surface area contributed by atoms with Gasteiger partial charge >= 0.3 is 49.5 Å². The summed E-state index contributed by atoms with van der Waals surface area (Å²) in [6, 6.07) is 0. The molecule has 0 amide bonds. The number of rotatable bonds is 9. The topological polar surface area (TPSA) is 0 Å². The second kappa shape index (κ2) is 16.1. The molecule has 0 aliphatic carbocycles. The van der Waals surface area contributed by atoms with Gasteiger partial charge < -0.3 is 0 Å². The average Bonchev–Trinajstić information content (AvgIpc) is 2.20. The van der Waals surface area contributed by atoms with Gasteiger partial charge in [0.25, 0.3) is 0 Å². The fraction of sp³-hybridized carbons (Fsp3) is 1.00. The molecule has 0 aromatic heterocycles. The van der Waals surface area contributed by atoms with Gasteiger partial charge in [-0.25, -0.2) is 0 Å². The van der Waals surface area contributed by atoms with Crippen molar-refractivity contribution in [1.82, 2.24) is 0 Å². The van der Waals surface area contributed by atoms with E-state index in [0.717, 1.165) is 0 Å². The quantitative estimate of drug-likeness (QED) is 0.346. The van der Waals surface area contributed by atoms with Crippen molar-refractivity contribution in [3.8, 4) is 0 Å². The maximum atomic E-state index is 5.04. The van der Waals surface area contributed by atoms with Crippen LogP contribution in [-0.2, 0) is 15.5 Å². The summed E-state index contributed by atoms with van der Waals surface area (Å²) < 4.78 is 0. The Morgan fingerprint density at radius 3 is 0.882 bits per heavy atom. The first-order chi connectivity index (χ1) is 7.91. The zero-order valence-corrected chi connectivity index (χ0v) is 16.6. The molecule has 0 aliphatic rings. The van der Waals surface area contributed by atoms with Gasteiger partial charge in [-0.3, -0.25) is 0 Å². The van der Waals surface area contributed by atoms with Crippen LogP contribution in [0.25, 0.3) is 0 Å². The van der Waals surface area contributed by atoms with Crippen LogP contribution in [-0.4, -0.2) is 0 Å². The molecule has 0 bridgehead atoms. The van der Waals surface area contributed by atoms with Gasteiger partial charge in [-0.2, -0.15) is 0 Å². The minimum atomic E-state index is -3.29. The molecule has 0 atom stereocenters. The number of hydrogen-bond acceptors (Lipinski definition) is 0. The van der Waals surface area contributed by atoms with E-state index < -0.39 is 15.5 Å². The van der Waals surface area contributed by atoms with Crippen molar-refractivity contribution in [2.45, 2.75) is 78.1 Å². The summed E-state index contributed by atoms with van der Waals surface area (Å²) in [7, 11) is 20.1. The van der Waals surface area contributed by atoms with Crippen LogP contribution in [0.3, 0.4) is 0 Å². The molecule has 0 saturated heterocycles. The molecule has 0 aromatic rings. The van der Waals surface area contributed by atoms with E-state index >= 15 is 0 Å². The van der Waals surface area contributed by atoms with Crippen molar-refractivity contribution in [3.63, 3.8) is 0 Å². The van der Waals surface area contributed by atoms with Crippen LogP contribution in [0.15, 0.2) is 0 Å². The van der Waals surface area contributed by atoms with Gasteiger partial charge in [0.15, 0.2) is 0 Å². The van der Waals surface area contributed by atoms with E-state index in [1.165, 1.54) is 64.2 Å². The second-order valence-corrected chi connectivity index (χ2v) is 26.6. The van der Waals surface area contributed by atoms with Crippen molar-refractivity contribution in [2.75, 3.05) is 0 Å². The summed E-state index contributed by atoms with van der Waals surface area (Å²) in [6.07, 6.45) is 14.4. The Balaban J connectivity index is 0. The van der Waals surface area contributed by atoms with Gasteiger partial charge in [-0.05, 0) is 0 Å². The number of unbranched alkanes of at least 4 members (excludes halogenated alkanes) is 9. The zero-order chi connectivity index (χ0) is 13.6. The third-order valence-electron chi connectivity index (χ3n) is 2.46.